The van der Waals surface area contributed by atoms with Gasteiger partial charge in [0, 0.05) is 24.6 Å². The quantitative estimate of drug-likeness (QED) is 0.747. The monoisotopic (exact) mass is 421 g/mol. The average Bonchev–Trinajstić information content (AvgIpc) is 2.72. The molecule has 1 aliphatic rings. The number of alkyl halides is 3. The maximum absolute atomic E-state index is 12.6. The van der Waals surface area contributed by atoms with Crippen LogP contribution in [0.3, 0.4) is 0 Å². The van der Waals surface area contributed by atoms with Crippen LogP contribution < -0.4 is 20.7 Å². The summed E-state index contributed by atoms with van der Waals surface area (Å²) in [6.45, 7) is -0.101. The molecule has 1 fully saturated rings. The molecular weight excluding hydrogens is 399 g/mol. The zero-order valence-electron chi connectivity index (χ0n) is 16.1. The predicted octanol–water partition coefficient (Wildman–Crippen LogP) is 3.58. The molecule has 9 heteroatoms. The van der Waals surface area contributed by atoms with Gasteiger partial charge in [0.1, 0.15) is 5.75 Å². The van der Waals surface area contributed by atoms with Gasteiger partial charge in [-0.3, -0.25) is 9.59 Å². The van der Waals surface area contributed by atoms with Crippen LogP contribution in [-0.2, 0) is 4.79 Å². The van der Waals surface area contributed by atoms with Crippen molar-refractivity contribution in [1.29, 1.82) is 0 Å². The fourth-order valence-corrected chi connectivity index (χ4v) is 3.32. The van der Waals surface area contributed by atoms with E-state index in [1.807, 2.05) is 12.1 Å². The zero-order valence-corrected chi connectivity index (χ0v) is 16.1. The molecule has 0 radical (unpaired) electrons. The maximum Gasteiger partial charge on any atom is 0.422 e. The van der Waals surface area contributed by atoms with Crippen molar-refractivity contribution >= 4 is 23.2 Å². The number of carbonyl (C=O) groups is 2. The predicted molar refractivity (Wildman–Crippen MR) is 107 cm³/mol. The van der Waals surface area contributed by atoms with E-state index >= 15 is 0 Å². The van der Waals surface area contributed by atoms with Crippen molar-refractivity contribution in [2.75, 3.05) is 29.9 Å². The Bertz CT molecular complexity index is 892. The van der Waals surface area contributed by atoms with Gasteiger partial charge < -0.3 is 20.7 Å². The van der Waals surface area contributed by atoms with Gasteiger partial charge in [-0.25, -0.2) is 0 Å². The number of nitrogens with one attached hydrogen (secondary N) is 1. The third-order valence-corrected chi connectivity index (χ3v) is 4.91. The Kier molecular flexibility index (Phi) is 6.49. The number of nitrogens with two attached hydrogens (primary N) is 1. The van der Waals surface area contributed by atoms with Crippen molar-refractivity contribution in [2.45, 2.75) is 19.0 Å². The second-order valence-corrected chi connectivity index (χ2v) is 7.06. The van der Waals surface area contributed by atoms with Crippen molar-refractivity contribution in [3.05, 3.63) is 54.1 Å². The molecule has 160 valence electrons. The van der Waals surface area contributed by atoms with Gasteiger partial charge in [-0.15, -0.1) is 0 Å². The van der Waals surface area contributed by atoms with Crippen molar-refractivity contribution in [1.82, 2.24) is 0 Å². The molecule has 6 nitrogen and oxygen atoms in total. The van der Waals surface area contributed by atoms with Gasteiger partial charge in [0.25, 0.3) is 5.91 Å². The van der Waals surface area contributed by atoms with E-state index in [2.05, 4.69) is 15.0 Å². The fourth-order valence-electron chi connectivity index (χ4n) is 3.32. The lowest BCUT2D eigenvalue weighted by molar-refractivity contribution is -0.153. The van der Waals surface area contributed by atoms with Crippen molar-refractivity contribution < 1.29 is 27.5 Å². The maximum atomic E-state index is 12.6. The van der Waals surface area contributed by atoms with E-state index in [-0.39, 0.29) is 23.1 Å². The number of hydrogen-bond donors (Lipinski definition) is 2. The van der Waals surface area contributed by atoms with Crippen LogP contribution in [0.25, 0.3) is 0 Å². The Labute approximate surface area is 171 Å². The molecule has 0 aromatic heterocycles. The normalized spacial score (nSPS) is 15.0. The summed E-state index contributed by atoms with van der Waals surface area (Å²) in [5.74, 6) is -0.793. The summed E-state index contributed by atoms with van der Waals surface area (Å²) >= 11 is 0. The first kappa shape index (κ1) is 21.5. The molecule has 0 bridgehead atoms. The summed E-state index contributed by atoms with van der Waals surface area (Å²) in [6.07, 6.45) is -3.13. The summed E-state index contributed by atoms with van der Waals surface area (Å²) < 4.78 is 41.3. The van der Waals surface area contributed by atoms with Gasteiger partial charge in [0.15, 0.2) is 6.61 Å². The second kappa shape index (κ2) is 9.06. The molecular formula is C21H22F3N3O3. The number of benzene rings is 2. The molecule has 0 aliphatic carbocycles. The number of halogens is 3. The molecule has 0 spiro atoms. The highest BCUT2D eigenvalue weighted by Crippen LogP contribution is 2.30. The Morgan fingerprint density at radius 1 is 1.07 bits per heavy atom. The summed E-state index contributed by atoms with van der Waals surface area (Å²) in [6, 6.07) is 12.8. The third-order valence-electron chi connectivity index (χ3n) is 4.91. The third kappa shape index (κ3) is 5.65. The van der Waals surface area contributed by atoms with Crippen LogP contribution in [0.4, 0.5) is 24.5 Å². The Morgan fingerprint density at radius 2 is 1.70 bits per heavy atom. The number of primary amides is 1. The van der Waals surface area contributed by atoms with E-state index < -0.39 is 18.7 Å². The molecule has 30 heavy (non-hydrogen) atoms. The van der Waals surface area contributed by atoms with E-state index in [0.717, 1.165) is 5.69 Å². The molecule has 1 heterocycles. The summed E-state index contributed by atoms with van der Waals surface area (Å²) in [5.41, 5.74) is 7.11. The standard InChI is InChI=1S/C21H22F3N3O3/c22-21(23,24)13-30-16-7-5-15(6-8-16)20(29)26-17-3-1-2-4-18(17)27-11-9-14(10-12-27)19(25)28/h1-8,14H,9-13H2,(H2,25,28)(H,26,29). The minimum absolute atomic E-state index is 0.0293. The van der Waals surface area contributed by atoms with Gasteiger partial charge in [0.2, 0.25) is 5.91 Å². The lowest BCUT2D eigenvalue weighted by atomic mass is 9.96. The van der Waals surface area contributed by atoms with Crippen LogP contribution in [-0.4, -0.2) is 37.7 Å². The van der Waals surface area contributed by atoms with E-state index in [0.29, 0.717) is 31.6 Å². The molecule has 1 saturated heterocycles. The lowest BCUT2D eigenvalue weighted by Crippen LogP contribution is -2.38. The Hall–Kier alpha value is -3.23. The molecule has 2 aromatic carbocycles. The molecule has 3 N–H and O–H groups in total. The van der Waals surface area contributed by atoms with Crippen LogP contribution in [0.15, 0.2) is 48.5 Å². The van der Waals surface area contributed by atoms with Crippen LogP contribution in [0.5, 0.6) is 5.75 Å². The van der Waals surface area contributed by atoms with Crippen LogP contribution in [0, 0.1) is 5.92 Å². The molecule has 0 atom stereocenters. The number of para-hydroxylation sites is 2. The smallest absolute Gasteiger partial charge is 0.422 e. The van der Waals surface area contributed by atoms with Gasteiger partial charge in [-0.2, -0.15) is 13.2 Å². The van der Waals surface area contributed by atoms with Crippen molar-refractivity contribution in [2.24, 2.45) is 11.7 Å². The minimum Gasteiger partial charge on any atom is -0.484 e. The number of nitrogens with zero attached hydrogens (tertiary/aromatic N) is 1. The van der Waals surface area contributed by atoms with E-state index in [1.165, 1.54) is 24.3 Å². The van der Waals surface area contributed by atoms with E-state index in [4.69, 9.17) is 5.73 Å². The van der Waals surface area contributed by atoms with Gasteiger partial charge >= 0.3 is 6.18 Å². The summed E-state index contributed by atoms with van der Waals surface area (Å²) in [7, 11) is 0. The van der Waals surface area contributed by atoms with Crippen molar-refractivity contribution in [3.8, 4) is 5.75 Å². The molecule has 0 saturated carbocycles. The number of piperidine rings is 1. The van der Waals surface area contributed by atoms with Crippen LogP contribution in [0.1, 0.15) is 23.2 Å². The number of anilines is 2. The summed E-state index contributed by atoms with van der Waals surface area (Å²) in [4.78, 5) is 26.1. The minimum atomic E-state index is -4.42. The van der Waals surface area contributed by atoms with Crippen LogP contribution >= 0.6 is 0 Å². The highest BCUT2D eigenvalue weighted by Gasteiger charge is 2.28. The topological polar surface area (TPSA) is 84.7 Å². The first-order valence-corrected chi connectivity index (χ1v) is 9.47. The summed E-state index contributed by atoms with van der Waals surface area (Å²) in [5, 5.41) is 2.84. The first-order chi connectivity index (χ1) is 14.2. The van der Waals surface area contributed by atoms with E-state index in [1.54, 1.807) is 12.1 Å². The molecule has 3 rings (SSSR count). The van der Waals surface area contributed by atoms with Crippen LogP contribution in [0.2, 0.25) is 0 Å². The average molecular weight is 421 g/mol. The number of ether oxygens (including phenoxy) is 1. The van der Waals surface area contributed by atoms with Gasteiger partial charge in [0.05, 0.1) is 11.4 Å². The Balaban J connectivity index is 1.65. The number of carbonyl (C=O) groups excluding carboxylic acids is 2. The van der Waals surface area contributed by atoms with Gasteiger partial charge in [-0.05, 0) is 49.2 Å². The molecule has 0 unspecified atom stereocenters. The number of amides is 2. The SMILES string of the molecule is NC(=O)C1CCN(c2ccccc2NC(=O)c2ccc(OCC(F)(F)F)cc2)CC1. The highest BCUT2D eigenvalue weighted by molar-refractivity contribution is 6.06. The second-order valence-electron chi connectivity index (χ2n) is 7.06. The highest BCUT2D eigenvalue weighted by atomic mass is 19.4. The largest absolute Gasteiger partial charge is 0.484 e. The van der Waals surface area contributed by atoms with E-state index in [9.17, 15) is 22.8 Å². The molecule has 2 aromatic rings. The zero-order chi connectivity index (χ0) is 21.7. The first-order valence-electron chi connectivity index (χ1n) is 9.47. The van der Waals surface area contributed by atoms with Gasteiger partial charge in [-0.1, -0.05) is 12.1 Å². The molecule has 1 aliphatic heterocycles. The number of hydrogen-bond acceptors (Lipinski definition) is 4. The lowest BCUT2D eigenvalue weighted by Gasteiger charge is -2.33. The Morgan fingerprint density at radius 3 is 2.30 bits per heavy atom. The van der Waals surface area contributed by atoms with Crippen molar-refractivity contribution in [3.63, 3.8) is 0 Å². The number of rotatable bonds is 6. The molecule has 2 amide bonds. The fraction of sp³-hybridized carbons (Fsp3) is 0.333.